The number of hydrogen-bond donors (Lipinski definition) is 1. The molecule has 2 aromatic heterocycles. The molecule has 0 bridgehead atoms. The number of piperazine rings is 1. The van der Waals surface area contributed by atoms with Crippen molar-refractivity contribution in [1.29, 1.82) is 0 Å². The molecule has 12 heteroatoms. The molecule has 4 rings (SSSR count). The van der Waals surface area contributed by atoms with Crippen molar-refractivity contribution in [3.8, 4) is 0 Å². The van der Waals surface area contributed by atoms with Crippen LogP contribution in [-0.2, 0) is 11.3 Å². The van der Waals surface area contributed by atoms with Crippen LogP contribution >= 0.6 is 0 Å². The van der Waals surface area contributed by atoms with Gasteiger partial charge >= 0.3 is 0 Å². The molecule has 0 aliphatic carbocycles. The molecule has 2 N–H and O–H groups in total. The number of fused-ring (bicyclic) bond motifs is 1. The number of amides is 2. The van der Waals surface area contributed by atoms with E-state index in [-0.39, 0.29) is 11.5 Å². The number of primary amides is 1. The lowest BCUT2D eigenvalue weighted by molar-refractivity contribution is -0.131. The van der Waals surface area contributed by atoms with E-state index in [1.807, 2.05) is 9.80 Å². The molecule has 10 nitrogen and oxygen atoms in total. The fourth-order valence-corrected chi connectivity index (χ4v) is 3.92. The summed E-state index contributed by atoms with van der Waals surface area (Å²) in [5.74, 6) is 0.0113. The summed E-state index contributed by atoms with van der Waals surface area (Å²) in [6.07, 6.45) is 2.60. The normalized spacial score (nSPS) is 14.2. The van der Waals surface area contributed by atoms with Gasteiger partial charge in [0.2, 0.25) is 17.8 Å². The summed E-state index contributed by atoms with van der Waals surface area (Å²) in [7, 11) is 0. The van der Waals surface area contributed by atoms with Crippen LogP contribution in [0.2, 0.25) is 0 Å². The Morgan fingerprint density at radius 3 is 2.44 bits per heavy atom. The molecule has 1 aromatic carbocycles. The third-order valence-corrected chi connectivity index (χ3v) is 5.88. The van der Waals surface area contributed by atoms with Crippen molar-refractivity contribution in [3.63, 3.8) is 0 Å². The first-order valence-corrected chi connectivity index (χ1v) is 11.2. The molecule has 1 aliphatic rings. The van der Waals surface area contributed by atoms with E-state index in [4.69, 9.17) is 5.73 Å². The Morgan fingerprint density at radius 1 is 1.03 bits per heavy atom. The highest BCUT2D eigenvalue weighted by Gasteiger charge is 2.22. The molecule has 1 saturated heterocycles. The minimum atomic E-state index is -2.59. The van der Waals surface area contributed by atoms with Crippen LogP contribution in [0.4, 0.5) is 14.7 Å². The highest BCUT2D eigenvalue weighted by atomic mass is 19.3. The number of nitrogens with two attached hydrogens (primary N) is 1. The number of nitrogens with zero attached hydrogens (tertiary/aromatic N) is 7. The topological polar surface area (TPSA) is 123 Å². The van der Waals surface area contributed by atoms with Gasteiger partial charge < -0.3 is 15.5 Å². The van der Waals surface area contributed by atoms with Crippen LogP contribution in [0.5, 0.6) is 0 Å². The smallest absolute Gasteiger partial charge is 0.266 e. The van der Waals surface area contributed by atoms with E-state index in [9.17, 15) is 18.4 Å². The van der Waals surface area contributed by atoms with E-state index in [1.54, 1.807) is 22.9 Å². The van der Waals surface area contributed by atoms with Crippen molar-refractivity contribution in [3.05, 3.63) is 41.7 Å². The summed E-state index contributed by atoms with van der Waals surface area (Å²) in [5.41, 5.74) is 7.02. The summed E-state index contributed by atoms with van der Waals surface area (Å²) in [6.45, 7) is 2.85. The Morgan fingerprint density at radius 2 is 1.76 bits per heavy atom. The average Bonchev–Trinajstić information content (AvgIpc) is 3.26. The maximum Gasteiger partial charge on any atom is 0.266 e. The Labute approximate surface area is 194 Å². The number of carbonyl (C=O) groups excluding carboxylic acids is 2. The molecular weight excluding hydrogens is 446 g/mol. The van der Waals surface area contributed by atoms with Crippen molar-refractivity contribution in [1.82, 2.24) is 29.9 Å². The average molecular weight is 473 g/mol. The van der Waals surface area contributed by atoms with Crippen LogP contribution in [0.3, 0.4) is 0 Å². The third kappa shape index (κ3) is 5.43. The van der Waals surface area contributed by atoms with Crippen LogP contribution in [0.1, 0.15) is 48.0 Å². The van der Waals surface area contributed by atoms with Crippen LogP contribution in [0.15, 0.2) is 30.6 Å². The SMILES string of the molecule is NC(=O)c1ccc2nnn(CCCCCC(=O)N3CCN(c4ncc(C(F)F)cn4)CC3)c2c1. The molecule has 1 aliphatic heterocycles. The lowest BCUT2D eigenvalue weighted by atomic mass is 10.1. The van der Waals surface area contributed by atoms with Crippen molar-refractivity contribution in [2.45, 2.75) is 38.7 Å². The van der Waals surface area contributed by atoms with E-state index in [1.165, 1.54) is 0 Å². The third-order valence-electron chi connectivity index (χ3n) is 5.88. The molecule has 34 heavy (non-hydrogen) atoms. The summed E-state index contributed by atoms with van der Waals surface area (Å²) in [4.78, 5) is 35.7. The van der Waals surface area contributed by atoms with E-state index < -0.39 is 12.3 Å². The van der Waals surface area contributed by atoms with Gasteiger partial charge in [0.05, 0.1) is 11.1 Å². The molecule has 1 fully saturated rings. The number of carbonyl (C=O) groups is 2. The van der Waals surface area contributed by atoms with Gasteiger partial charge in [-0.25, -0.2) is 23.4 Å². The predicted octanol–water partition coefficient (Wildman–Crippen LogP) is 2.17. The van der Waals surface area contributed by atoms with Crippen LogP contribution in [0.25, 0.3) is 11.0 Å². The van der Waals surface area contributed by atoms with Gasteiger partial charge in [-0.2, -0.15) is 0 Å². The number of anilines is 1. The van der Waals surface area contributed by atoms with Gasteiger partial charge in [-0.1, -0.05) is 11.6 Å². The largest absolute Gasteiger partial charge is 0.366 e. The number of hydrogen-bond acceptors (Lipinski definition) is 7. The summed E-state index contributed by atoms with van der Waals surface area (Å²) < 4.78 is 27.0. The van der Waals surface area contributed by atoms with Gasteiger partial charge in [0.15, 0.2) is 0 Å². The standard InChI is InChI=1S/C22H26F2N8O2/c23-20(24)16-13-26-22(27-14-16)31-10-8-30(9-11-31)19(33)4-2-1-3-7-32-18-12-15(21(25)34)5-6-17(18)28-29-32/h5-6,12-14,20H,1-4,7-11H2,(H2,25,34). The van der Waals surface area contributed by atoms with E-state index in [2.05, 4.69) is 20.3 Å². The molecule has 0 atom stereocenters. The highest BCUT2D eigenvalue weighted by molar-refractivity contribution is 5.96. The summed E-state index contributed by atoms with van der Waals surface area (Å²) in [6, 6.07) is 5.05. The van der Waals surface area contributed by atoms with Crippen LogP contribution in [-0.4, -0.2) is 67.9 Å². The number of aryl methyl sites for hydroxylation is 1. The number of halogens is 2. The monoisotopic (exact) mass is 472 g/mol. The minimum Gasteiger partial charge on any atom is -0.366 e. The zero-order valence-corrected chi connectivity index (χ0v) is 18.6. The van der Waals surface area contributed by atoms with Gasteiger partial charge in [0, 0.05) is 57.1 Å². The van der Waals surface area contributed by atoms with Crippen molar-refractivity contribution in [2.24, 2.45) is 5.73 Å². The van der Waals surface area contributed by atoms with Gasteiger partial charge in [0.1, 0.15) is 5.52 Å². The second-order valence-electron chi connectivity index (χ2n) is 8.18. The molecule has 2 amide bonds. The first-order chi connectivity index (χ1) is 16.4. The summed E-state index contributed by atoms with van der Waals surface area (Å²) >= 11 is 0. The predicted molar refractivity (Wildman–Crippen MR) is 120 cm³/mol. The van der Waals surface area contributed by atoms with Crippen molar-refractivity contribution < 1.29 is 18.4 Å². The second-order valence-corrected chi connectivity index (χ2v) is 8.18. The zero-order chi connectivity index (χ0) is 24.1. The Hall–Kier alpha value is -3.70. The molecular formula is C22H26F2N8O2. The lowest BCUT2D eigenvalue weighted by Crippen LogP contribution is -2.49. The van der Waals surface area contributed by atoms with Gasteiger partial charge in [-0.15, -0.1) is 5.10 Å². The molecule has 0 radical (unpaired) electrons. The number of rotatable bonds is 9. The molecule has 0 saturated carbocycles. The van der Waals surface area contributed by atoms with E-state index in [0.29, 0.717) is 56.2 Å². The Balaban J connectivity index is 1.18. The number of alkyl halides is 2. The number of unbranched alkanes of at least 4 members (excludes halogenated alkanes) is 2. The Kier molecular flexibility index (Phi) is 7.24. The first kappa shape index (κ1) is 23.5. The number of aromatic nitrogens is 5. The van der Waals surface area contributed by atoms with Gasteiger partial charge in [-0.05, 0) is 31.0 Å². The summed E-state index contributed by atoms with van der Waals surface area (Å²) in [5, 5.41) is 8.24. The zero-order valence-electron chi connectivity index (χ0n) is 18.6. The fraction of sp³-hybridized carbons (Fsp3) is 0.455. The van der Waals surface area contributed by atoms with Gasteiger partial charge in [-0.3, -0.25) is 9.59 Å². The first-order valence-electron chi connectivity index (χ1n) is 11.2. The molecule has 3 heterocycles. The lowest BCUT2D eigenvalue weighted by Gasteiger charge is -2.34. The second kappa shape index (κ2) is 10.5. The quantitative estimate of drug-likeness (QED) is 0.474. The molecule has 0 spiro atoms. The molecule has 180 valence electrons. The maximum atomic E-state index is 12.6. The highest BCUT2D eigenvalue weighted by Crippen LogP contribution is 2.19. The minimum absolute atomic E-state index is 0.103. The fourth-order valence-electron chi connectivity index (χ4n) is 3.92. The van der Waals surface area contributed by atoms with E-state index >= 15 is 0 Å². The Bertz CT molecular complexity index is 1140. The molecule has 0 unspecified atom stereocenters. The molecule has 3 aromatic rings. The van der Waals surface area contributed by atoms with Crippen LogP contribution < -0.4 is 10.6 Å². The van der Waals surface area contributed by atoms with Gasteiger partial charge in [0.25, 0.3) is 6.43 Å². The van der Waals surface area contributed by atoms with Crippen molar-refractivity contribution in [2.75, 3.05) is 31.1 Å². The number of benzene rings is 1. The van der Waals surface area contributed by atoms with Crippen LogP contribution in [0, 0.1) is 0 Å². The van der Waals surface area contributed by atoms with Crippen molar-refractivity contribution >= 4 is 28.8 Å². The van der Waals surface area contributed by atoms with E-state index in [0.717, 1.165) is 37.2 Å². The maximum absolute atomic E-state index is 12.6.